The molecule has 0 aliphatic heterocycles. The van der Waals surface area contributed by atoms with E-state index in [9.17, 15) is 4.79 Å². The minimum atomic E-state index is -0.123. The number of hydrogen-bond acceptors (Lipinski definition) is 2. The largest absolute Gasteiger partial charge is 0.466 e. The Bertz CT molecular complexity index is 275. The summed E-state index contributed by atoms with van der Waals surface area (Å²) in [6.45, 7) is 4.07. The van der Waals surface area contributed by atoms with Gasteiger partial charge in [-0.2, -0.15) is 0 Å². The van der Waals surface area contributed by atoms with Crippen molar-refractivity contribution in [3.8, 4) is 11.1 Å². The van der Waals surface area contributed by atoms with Crippen molar-refractivity contribution in [2.45, 2.75) is 20.3 Å². The molecule has 0 unspecified atom stereocenters. The molecule has 0 saturated heterocycles. The molecule has 0 aromatic carbocycles. The Morgan fingerprint density at radius 3 is 2.08 bits per heavy atom. The maximum absolute atomic E-state index is 10.2. The summed E-state index contributed by atoms with van der Waals surface area (Å²) in [4.78, 5) is 10.2. The number of esters is 1. The molecular formula is C11H14O2. The fourth-order valence-corrected chi connectivity index (χ4v) is 0.939. The molecule has 0 radical (unpaired) electrons. The molecule has 2 heteroatoms. The highest BCUT2D eigenvalue weighted by Gasteiger charge is 2.06. The van der Waals surface area contributed by atoms with Gasteiger partial charge in [0, 0.05) is 6.42 Å². The normalized spacial score (nSPS) is 9.69. The molecular weight excluding hydrogens is 164 g/mol. The van der Waals surface area contributed by atoms with E-state index in [2.05, 4.69) is 29.0 Å². The number of rotatable bonds is 2. The lowest BCUT2D eigenvalue weighted by atomic mass is 10.5. The second-order valence-corrected chi connectivity index (χ2v) is 2.74. The summed E-state index contributed by atoms with van der Waals surface area (Å²) in [6, 6.07) is 8.48. The summed E-state index contributed by atoms with van der Waals surface area (Å²) in [5, 5.41) is 0. The zero-order valence-corrected chi connectivity index (χ0v) is 8.04. The van der Waals surface area contributed by atoms with Gasteiger partial charge in [0.2, 0.25) is 0 Å². The average Bonchev–Trinajstić information content (AvgIpc) is 2.75. The van der Waals surface area contributed by atoms with E-state index in [0.29, 0.717) is 13.0 Å². The van der Waals surface area contributed by atoms with Crippen LogP contribution in [0, 0.1) is 0 Å². The topological polar surface area (TPSA) is 26.3 Å². The first-order chi connectivity index (χ1) is 6.27. The summed E-state index contributed by atoms with van der Waals surface area (Å²) in [5.74, 6) is -0.123. The Hall–Kier alpha value is -1.31. The van der Waals surface area contributed by atoms with Crippen LogP contribution < -0.4 is 0 Å². The van der Waals surface area contributed by atoms with Gasteiger partial charge in [0.25, 0.3) is 0 Å². The van der Waals surface area contributed by atoms with Crippen molar-refractivity contribution in [1.29, 1.82) is 0 Å². The van der Waals surface area contributed by atoms with Gasteiger partial charge in [-0.3, -0.25) is 4.79 Å². The number of benzene rings is 1. The van der Waals surface area contributed by atoms with Gasteiger partial charge in [-0.05, 0) is 24.1 Å². The van der Waals surface area contributed by atoms with E-state index in [1.54, 1.807) is 13.8 Å². The van der Waals surface area contributed by atoms with Crippen LogP contribution in [-0.2, 0) is 9.53 Å². The van der Waals surface area contributed by atoms with Gasteiger partial charge < -0.3 is 4.74 Å². The standard InChI is InChI=1S/C6H4.C5H10O2/c1-2-5-4-6(5)3-1;1-3-5(6)7-4-2/h1-4H;3-4H2,1-2H3. The molecule has 2 rings (SSSR count). The fraction of sp³-hybridized carbons (Fsp3) is 0.364. The molecule has 0 N–H and O–H groups in total. The van der Waals surface area contributed by atoms with E-state index < -0.39 is 0 Å². The van der Waals surface area contributed by atoms with E-state index in [-0.39, 0.29) is 5.97 Å². The van der Waals surface area contributed by atoms with Gasteiger partial charge >= 0.3 is 5.97 Å². The molecule has 0 aromatic heterocycles. The molecule has 0 fully saturated rings. The number of carbonyl (C=O) groups excluding carboxylic acids is 1. The maximum atomic E-state index is 10.2. The van der Waals surface area contributed by atoms with Crippen LogP contribution in [0.5, 0.6) is 0 Å². The summed E-state index contributed by atoms with van der Waals surface area (Å²) in [5.41, 5.74) is 2.85. The minimum absolute atomic E-state index is 0.123. The molecule has 70 valence electrons. The molecule has 0 saturated carbocycles. The predicted octanol–water partition coefficient (Wildman–Crippen LogP) is 2.63. The smallest absolute Gasteiger partial charge is 0.305 e. The van der Waals surface area contributed by atoms with Crippen molar-refractivity contribution in [3.05, 3.63) is 24.3 Å². The van der Waals surface area contributed by atoms with Crippen LogP contribution in [0.4, 0.5) is 0 Å². The summed E-state index contributed by atoms with van der Waals surface area (Å²) in [6.07, 6.45) is 0.480. The van der Waals surface area contributed by atoms with Gasteiger partial charge in [-0.25, -0.2) is 0 Å². The average molecular weight is 178 g/mol. The molecule has 0 aromatic rings. The van der Waals surface area contributed by atoms with Crippen molar-refractivity contribution in [2.24, 2.45) is 0 Å². The second kappa shape index (κ2) is 4.65. The lowest BCUT2D eigenvalue weighted by Gasteiger charge is -1.93. The van der Waals surface area contributed by atoms with Crippen LogP contribution in [0.1, 0.15) is 20.3 Å². The van der Waals surface area contributed by atoms with E-state index in [1.807, 2.05) is 0 Å². The lowest BCUT2D eigenvalue weighted by molar-refractivity contribution is -0.142. The van der Waals surface area contributed by atoms with Gasteiger partial charge in [-0.15, -0.1) is 0 Å². The number of ether oxygens (including phenoxy) is 1. The first-order valence-corrected chi connectivity index (χ1v) is 4.54. The Morgan fingerprint density at radius 1 is 1.31 bits per heavy atom. The van der Waals surface area contributed by atoms with Gasteiger partial charge in [0.1, 0.15) is 0 Å². The van der Waals surface area contributed by atoms with Gasteiger partial charge in [0.15, 0.2) is 0 Å². The molecule has 2 nitrogen and oxygen atoms in total. The zero-order chi connectivity index (χ0) is 9.68. The predicted molar refractivity (Wildman–Crippen MR) is 52.4 cm³/mol. The van der Waals surface area contributed by atoms with E-state index in [1.165, 1.54) is 11.1 Å². The molecule has 0 spiro atoms. The minimum Gasteiger partial charge on any atom is -0.466 e. The second-order valence-electron chi connectivity index (χ2n) is 2.74. The zero-order valence-electron chi connectivity index (χ0n) is 8.04. The Kier molecular flexibility index (Phi) is 3.50. The number of hydrogen-bond donors (Lipinski definition) is 0. The third-order valence-corrected chi connectivity index (χ3v) is 1.71. The third-order valence-electron chi connectivity index (χ3n) is 1.71. The van der Waals surface area contributed by atoms with Crippen molar-refractivity contribution in [2.75, 3.05) is 6.61 Å². The van der Waals surface area contributed by atoms with Crippen LogP contribution in [0.2, 0.25) is 0 Å². The summed E-state index contributed by atoms with van der Waals surface area (Å²) < 4.78 is 4.55. The Balaban J connectivity index is 0.000000130. The van der Waals surface area contributed by atoms with Crippen LogP contribution in [0.3, 0.4) is 0 Å². The van der Waals surface area contributed by atoms with Gasteiger partial charge in [0.05, 0.1) is 6.61 Å². The first kappa shape index (κ1) is 9.78. The first-order valence-electron chi connectivity index (χ1n) is 4.54. The van der Waals surface area contributed by atoms with E-state index in [4.69, 9.17) is 0 Å². The monoisotopic (exact) mass is 178 g/mol. The van der Waals surface area contributed by atoms with Gasteiger partial charge in [-0.1, -0.05) is 25.1 Å². The molecule has 0 atom stereocenters. The highest BCUT2D eigenvalue weighted by Crippen LogP contribution is 2.32. The Morgan fingerprint density at radius 2 is 1.92 bits per heavy atom. The fourth-order valence-electron chi connectivity index (χ4n) is 0.939. The SMILES string of the molecule is CCOC(=O)CC.c1cc2cc-2c1. The lowest BCUT2D eigenvalue weighted by Crippen LogP contribution is -2.00. The molecule has 0 amide bonds. The van der Waals surface area contributed by atoms with Crippen molar-refractivity contribution in [1.82, 2.24) is 0 Å². The molecule has 0 heterocycles. The van der Waals surface area contributed by atoms with Crippen LogP contribution in [-0.4, -0.2) is 12.6 Å². The number of fused-ring (bicyclic) bond motifs is 1. The molecule has 2 aliphatic carbocycles. The highest BCUT2D eigenvalue weighted by molar-refractivity contribution is 5.80. The summed E-state index contributed by atoms with van der Waals surface area (Å²) in [7, 11) is 0. The quantitative estimate of drug-likeness (QED) is 0.661. The van der Waals surface area contributed by atoms with Crippen LogP contribution >= 0.6 is 0 Å². The van der Waals surface area contributed by atoms with Crippen LogP contribution in [0.15, 0.2) is 24.3 Å². The summed E-state index contributed by atoms with van der Waals surface area (Å²) >= 11 is 0. The Labute approximate surface area is 78.5 Å². The highest BCUT2D eigenvalue weighted by atomic mass is 16.5. The maximum Gasteiger partial charge on any atom is 0.305 e. The molecule has 2 aliphatic rings. The van der Waals surface area contributed by atoms with Crippen LogP contribution in [0.25, 0.3) is 11.1 Å². The number of carbonyl (C=O) groups is 1. The van der Waals surface area contributed by atoms with Crippen molar-refractivity contribution in [3.63, 3.8) is 0 Å². The van der Waals surface area contributed by atoms with Crippen molar-refractivity contribution >= 4 is 5.97 Å². The molecule has 0 bridgehead atoms. The molecule has 13 heavy (non-hydrogen) atoms. The van der Waals surface area contributed by atoms with E-state index in [0.717, 1.165) is 0 Å². The third kappa shape index (κ3) is 3.28. The van der Waals surface area contributed by atoms with Crippen molar-refractivity contribution < 1.29 is 9.53 Å². The van der Waals surface area contributed by atoms with E-state index >= 15 is 0 Å².